The topological polar surface area (TPSA) is 13.1 Å². The molecule has 2 heteroatoms. The van der Waals surface area contributed by atoms with Crippen LogP contribution in [0.1, 0.15) is 0 Å². The first kappa shape index (κ1) is 35.5. The van der Waals surface area contributed by atoms with Crippen LogP contribution in [0.3, 0.4) is 0 Å². The van der Waals surface area contributed by atoms with E-state index in [4.69, 9.17) is 4.42 Å². The fraction of sp³-hybridized carbons (Fsp3) is 0. The highest BCUT2D eigenvalue weighted by molar-refractivity contribution is 7.25. The van der Waals surface area contributed by atoms with Gasteiger partial charge in [0.15, 0.2) is 0 Å². The number of fused-ring (bicyclic) bond motifs is 12. The van der Waals surface area contributed by atoms with Crippen LogP contribution in [0.15, 0.2) is 223 Å². The Balaban J connectivity index is 0.951. The van der Waals surface area contributed by atoms with Gasteiger partial charge in [-0.25, -0.2) is 0 Å². The Morgan fingerprint density at radius 2 is 0.688 bits per heavy atom. The van der Waals surface area contributed by atoms with Crippen LogP contribution >= 0.6 is 11.3 Å². The SMILES string of the molecule is c1ccc(-c2c3ccccc3c(-c3ccc4sc5cc(-c6c7ccccc7c(-c7ccc8oc9ccc%10ccccc%10c9c8c7)c7ccccc67)ccc5c4c3)c3ccccc23)cc1. The summed E-state index contributed by atoms with van der Waals surface area (Å²) in [6, 6.07) is 80.5. The maximum atomic E-state index is 6.44. The summed E-state index contributed by atoms with van der Waals surface area (Å²) in [4.78, 5) is 0. The summed E-state index contributed by atoms with van der Waals surface area (Å²) in [5, 5.41) is 17.4. The van der Waals surface area contributed by atoms with Crippen LogP contribution in [0.4, 0.5) is 0 Å². The minimum atomic E-state index is 0.909. The van der Waals surface area contributed by atoms with Crippen LogP contribution in [0, 0.1) is 0 Å². The Morgan fingerprint density at radius 1 is 0.250 bits per heavy atom. The second-order valence-electron chi connectivity index (χ2n) is 17.0. The average molecular weight is 829 g/mol. The van der Waals surface area contributed by atoms with Crippen molar-refractivity contribution < 1.29 is 4.42 Å². The summed E-state index contributed by atoms with van der Waals surface area (Å²) in [6.45, 7) is 0. The number of thiophene rings is 1. The van der Waals surface area contributed by atoms with Crippen LogP contribution in [0.25, 0.3) is 140 Å². The smallest absolute Gasteiger partial charge is 0.136 e. The van der Waals surface area contributed by atoms with E-state index in [0.717, 1.165) is 16.6 Å². The van der Waals surface area contributed by atoms with E-state index in [1.807, 2.05) is 11.3 Å². The second-order valence-corrected chi connectivity index (χ2v) is 18.1. The summed E-state index contributed by atoms with van der Waals surface area (Å²) in [5.74, 6) is 0. The molecule has 64 heavy (non-hydrogen) atoms. The lowest BCUT2D eigenvalue weighted by atomic mass is 9.85. The molecule has 0 amide bonds. The fourth-order valence-corrected chi connectivity index (χ4v) is 12.0. The first-order valence-electron chi connectivity index (χ1n) is 22.0. The lowest BCUT2D eigenvalue weighted by molar-refractivity contribution is 0.669. The molecule has 0 unspecified atom stereocenters. The molecule has 0 spiro atoms. The molecule has 0 aliphatic heterocycles. The molecule has 14 aromatic rings. The zero-order valence-electron chi connectivity index (χ0n) is 34.6. The molecule has 0 atom stereocenters. The molecular formula is C62H36OS. The zero-order valence-corrected chi connectivity index (χ0v) is 35.4. The van der Waals surface area contributed by atoms with Crippen molar-refractivity contribution in [3.8, 4) is 44.5 Å². The van der Waals surface area contributed by atoms with Gasteiger partial charge in [0.05, 0.1) is 0 Å². The van der Waals surface area contributed by atoms with Gasteiger partial charge in [0.2, 0.25) is 0 Å². The first-order valence-corrected chi connectivity index (χ1v) is 22.8. The molecule has 2 heterocycles. The van der Waals surface area contributed by atoms with E-state index < -0.39 is 0 Å². The Morgan fingerprint density at radius 3 is 1.27 bits per heavy atom. The maximum absolute atomic E-state index is 6.44. The monoisotopic (exact) mass is 828 g/mol. The largest absolute Gasteiger partial charge is 0.456 e. The molecule has 1 nitrogen and oxygen atoms in total. The maximum Gasteiger partial charge on any atom is 0.136 e. The molecule has 2 aromatic heterocycles. The molecule has 0 aliphatic rings. The molecule has 0 aliphatic carbocycles. The van der Waals surface area contributed by atoms with Gasteiger partial charge >= 0.3 is 0 Å². The first-order chi connectivity index (χ1) is 31.7. The molecule has 0 N–H and O–H groups in total. The van der Waals surface area contributed by atoms with E-state index in [9.17, 15) is 0 Å². The normalized spacial score (nSPS) is 12.1. The van der Waals surface area contributed by atoms with Crippen molar-refractivity contribution in [1.29, 1.82) is 0 Å². The number of furan rings is 1. The molecule has 0 saturated heterocycles. The Hall–Kier alpha value is -8.04. The molecule has 0 fully saturated rings. The minimum Gasteiger partial charge on any atom is -0.456 e. The highest BCUT2D eigenvalue weighted by Crippen LogP contribution is 2.49. The number of hydrogen-bond donors (Lipinski definition) is 0. The molecule has 0 radical (unpaired) electrons. The van der Waals surface area contributed by atoms with Crippen molar-refractivity contribution in [2.45, 2.75) is 0 Å². The molecule has 0 bridgehead atoms. The van der Waals surface area contributed by atoms with Gasteiger partial charge in [-0.05, 0) is 135 Å². The third-order valence-electron chi connectivity index (χ3n) is 13.6. The van der Waals surface area contributed by atoms with E-state index in [1.54, 1.807) is 0 Å². The summed E-state index contributed by atoms with van der Waals surface area (Å²) in [7, 11) is 0. The Labute approximate surface area is 372 Å². The third-order valence-corrected chi connectivity index (χ3v) is 14.8. The number of benzene rings is 12. The molecule has 296 valence electrons. The van der Waals surface area contributed by atoms with Gasteiger partial charge in [-0.1, -0.05) is 182 Å². The molecular weight excluding hydrogens is 793 g/mol. The van der Waals surface area contributed by atoms with E-state index in [1.165, 1.54) is 124 Å². The van der Waals surface area contributed by atoms with Crippen molar-refractivity contribution in [3.05, 3.63) is 218 Å². The molecule has 14 rings (SSSR count). The second kappa shape index (κ2) is 13.7. The van der Waals surface area contributed by atoms with Crippen molar-refractivity contribution in [2.75, 3.05) is 0 Å². The van der Waals surface area contributed by atoms with Gasteiger partial charge in [-0.2, -0.15) is 0 Å². The Kier molecular flexibility index (Phi) is 7.63. The highest BCUT2D eigenvalue weighted by atomic mass is 32.1. The lowest BCUT2D eigenvalue weighted by Gasteiger charge is -2.18. The van der Waals surface area contributed by atoms with Crippen molar-refractivity contribution in [3.63, 3.8) is 0 Å². The van der Waals surface area contributed by atoms with E-state index in [-0.39, 0.29) is 0 Å². The van der Waals surface area contributed by atoms with Crippen LogP contribution < -0.4 is 0 Å². The molecule has 12 aromatic carbocycles. The predicted molar refractivity (Wildman–Crippen MR) is 276 cm³/mol. The summed E-state index contributed by atoms with van der Waals surface area (Å²) < 4.78 is 9.03. The van der Waals surface area contributed by atoms with Gasteiger partial charge in [-0.3, -0.25) is 0 Å². The third kappa shape index (κ3) is 5.18. The zero-order chi connectivity index (χ0) is 41.9. The average Bonchev–Trinajstić information content (AvgIpc) is 3.92. The van der Waals surface area contributed by atoms with Gasteiger partial charge in [0.1, 0.15) is 11.2 Å². The van der Waals surface area contributed by atoms with Gasteiger partial charge in [0.25, 0.3) is 0 Å². The lowest BCUT2D eigenvalue weighted by Crippen LogP contribution is -1.91. The number of hydrogen-bond acceptors (Lipinski definition) is 2. The summed E-state index contributed by atoms with van der Waals surface area (Å²) in [6.07, 6.45) is 0. The van der Waals surface area contributed by atoms with Gasteiger partial charge < -0.3 is 4.42 Å². The van der Waals surface area contributed by atoms with Crippen molar-refractivity contribution in [1.82, 2.24) is 0 Å². The van der Waals surface area contributed by atoms with Gasteiger partial charge in [-0.15, -0.1) is 11.3 Å². The summed E-state index contributed by atoms with van der Waals surface area (Å²) >= 11 is 1.89. The van der Waals surface area contributed by atoms with Crippen molar-refractivity contribution in [2.24, 2.45) is 0 Å². The molecule has 0 saturated carbocycles. The predicted octanol–water partition coefficient (Wildman–Crippen LogP) is 18.4. The fourth-order valence-electron chi connectivity index (χ4n) is 10.9. The Bertz CT molecular complexity index is 4130. The van der Waals surface area contributed by atoms with E-state index in [2.05, 4.69) is 218 Å². The van der Waals surface area contributed by atoms with Crippen molar-refractivity contribution >= 4 is 107 Å². The standard InChI is InChI=1S/C62H36OS/c1-2-15-38(16-3-1)58-44-18-6-8-20-46(44)60(47-21-9-7-19-45(47)58)40-29-33-56-52(34-40)43-30-26-41(36-57(43)64-56)61-50-24-12-10-22-48(50)59(49-23-11-13-25-51(49)61)39-28-31-54-53(35-39)62-42-17-5-4-14-37(42)27-32-55(62)63-54/h1-36H. The van der Waals surface area contributed by atoms with E-state index >= 15 is 0 Å². The highest BCUT2D eigenvalue weighted by Gasteiger charge is 2.21. The van der Waals surface area contributed by atoms with Gasteiger partial charge in [0, 0.05) is 30.9 Å². The van der Waals surface area contributed by atoms with E-state index in [0.29, 0.717) is 0 Å². The minimum absolute atomic E-state index is 0.909. The van der Waals surface area contributed by atoms with Crippen LogP contribution in [-0.2, 0) is 0 Å². The van der Waals surface area contributed by atoms with Crippen LogP contribution in [0.5, 0.6) is 0 Å². The van der Waals surface area contributed by atoms with Crippen LogP contribution in [0.2, 0.25) is 0 Å². The summed E-state index contributed by atoms with van der Waals surface area (Å²) in [5.41, 5.74) is 11.8. The number of rotatable bonds is 4. The van der Waals surface area contributed by atoms with Crippen LogP contribution in [-0.4, -0.2) is 0 Å². The quantitative estimate of drug-likeness (QED) is 0.161.